The predicted molar refractivity (Wildman–Crippen MR) is 105 cm³/mol. The lowest BCUT2D eigenvalue weighted by atomic mass is 10.2. The Morgan fingerprint density at radius 3 is 1.12 bits per heavy atom. The minimum absolute atomic E-state index is 0.422. The Labute approximate surface area is 147 Å². The Morgan fingerprint density at radius 1 is 0.625 bits per heavy atom. The molecule has 0 saturated carbocycles. The first-order valence-electron chi connectivity index (χ1n) is 9.41. The van der Waals surface area contributed by atoms with Gasteiger partial charge in [0.15, 0.2) is 0 Å². The van der Waals surface area contributed by atoms with Crippen LogP contribution in [0, 0.1) is 0 Å². The molecular weight excluding hydrogens is 341 g/mol. The van der Waals surface area contributed by atoms with E-state index in [-0.39, 0.29) is 0 Å². The van der Waals surface area contributed by atoms with E-state index < -0.39 is 27.9 Å². The SMILES string of the molecule is CC[Si](CC)(CC)c1cc(C(F)(F)F)cc([Si](CC)(CC)CC)c1. The average molecular weight is 375 g/mol. The summed E-state index contributed by atoms with van der Waals surface area (Å²) >= 11 is 0. The third kappa shape index (κ3) is 3.98. The molecule has 0 saturated heterocycles. The maximum Gasteiger partial charge on any atom is 0.416 e. The van der Waals surface area contributed by atoms with Crippen LogP contribution in [0.2, 0.25) is 36.3 Å². The summed E-state index contributed by atoms with van der Waals surface area (Å²) in [6.07, 6.45) is -4.25. The van der Waals surface area contributed by atoms with Crippen molar-refractivity contribution in [3.05, 3.63) is 23.8 Å². The number of alkyl halides is 3. The lowest BCUT2D eigenvalue weighted by Gasteiger charge is -2.34. The van der Waals surface area contributed by atoms with Crippen molar-refractivity contribution in [1.29, 1.82) is 0 Å². The van der Waals surface area contributed by atoms with Crippen LogP contribution in [0.5, 0.6) is 0 Å². The fourth-order valence-corrected chi connectivity index (χ4v) is 11.6. The Morgan fingerprint density at radius 2 is 0.917 bits per heavy atom. The van der Waals surface area contributed by atoms with Gasteiger partial charge in [-0.25, -0.2) is 0 Å². The Balaban J connectivity index is 3.72. The molecule has 0 aliphatic heterocycles. The molecule has 0 nitrogen and oxygen atoms in total. The van der Waals surface area contributed by atoms with Gasteiger partial charge in [-0.05, 0) is 0 Å². The molecule has 1 aromatic carbocycles. The largest absolute Gasteiger partial charge is 0.416 e. The van der Waals surface area contributed by atoms with Crippen molar-refractivity contribution >= 4 is 26.5 Å². The highest BCUT2D eigenvalue weighted by atomic mass is 28.3. The quantitative estimate of drug-likeness (QED) is 0.480. The van der Waals surface area contributed by atoms with Crippen molar-refractivity contribution in [2.24, 2.45) is 0 Å². The van der Waals surface area contributed by atoms with Gasteiger partial charge >= 0.3 is 6.18 Å². The van der Waals surface area contributed by atoms with Crippen LogP contribution < -0.4 is 10.4 Å². The highest BCUT2D eigenvalue weighted by molar-refractivity contribution is 6.94. The lowest BCUT2D eigenvalue weighted by molar-refractivity contribution is -0.137. The van der Waals surface area contributed by atoms with Gasteiger partial charge in [0.2, 0.25) is 0 Å². The van der Waals surface area contributed by atoms with E-state index in [2.05, 4.69) is 47.6 Å². The van der Waals surface area contributed by atoms with Crippen molar-refractivity contribution in [2.45, 2.75) is 84.0 Å². The fraction of sp³-hybridized carbons (Fsp3) is 0.684. The molecule has 5 heteroatoms. The Bertz CT molecular complexity index is 475. The summed E-state index contributed by atoms with van der Waals surface area (Å²) in [6, 6.07) is 11.2. The second-order valence-electron chi connectivity index (χ2n) is 6.98. The van der Waals surface area contributed by atoms with Crippen LogP contribution in [0.15, 0.2) is 18.2 Å². The summed E-state index contributed by atoms with van der Waals surface area (Å²) in [5.41, 5.74) is -0.422. The molecule has 0 unspecified atom stereocenters. The number of rotatable bonds is 8. The molecular formula is C19H33F3Si2. The smallest absolute Gasteiger partial charge is 0.166 e. The molecule has 0 amide bonds. The molecule has 0 N–H and O–H groups in total. The molecule has 0 aliphatic rings. The van der Waals surface area contributed by atoms with Crippen molar-refractivity contribution in [2.75, 3.05) is 0 Å². The summed E-state index contributed by atoms with van der Waals surface area (Å²) in [5, 5.41) is 2.07. The van der Waals surface area contributed by atoms with Gasteiger partial charge in [0.05, 0.1) is 21.7 Å². The van der Waals surface area contributed by atoms with Gasteiger partial charge in [-0.3, -0.25) is 0 Å². The highest BCUT2D eigenvalue weighted by Crippen LogP contribution is 2.31. The molecule has 0 aromatic heterocycles. The average Bonchev–Trinajstić information content (AvgIpc) is 2.58. The molecule has 0 bridgehead atoms. The van der Waals surface area contributed by atoms with Gasteiger partial charge in [-0.1, -0.05) is 106 Å². The number of hydrogen-bond acceptors (Lipinski definition) is 0. The number of halogens is 3. The molecule has 24 heavy (non-hydrogen) atoms. The van der Waals surface area contributed by atoms with Crippen molar-refractivity contribution < 1.29 is 13.2 Å². The van der Waals surface area contributed by atoms with Crippen LogP contribution in [-0.2, 0) is 6.18 Å². The van der Waals surface area contributed by atoms with Crippen molar-refractivity contribution in [3.63, 3.8) is 0 Å². The highest BCUT2D eigenvalue weighted by Gasteiger charge is 2.38. The van der Waals surface area contributed by atoms with E-state index in [1.807, 2.05) is 0 Å². The summed E-state index contributed by atoms with van der Waals surface area (Å²) in [4.78, 5) is 0. The van der Waals surface area contributed by atoms with Crippen LogP contribution in [0.1, 0.15) is 47.1 Å². The van der Waals surface area contributed by atoms with Crippen LogP contribution in [-0.4, -0.2) is 16.1 Å². The second kappa shape index (κ2) is 8.22. The summed E-state index contributed by atoms with van der Waals surface area (Å²) < 4.78 is 40.7. The van der Waals surface area contributed by atoms with Crippen LogP contribution in [0.4, 0.5) is 13.2 Å². The van der Waals surface area contributed by atoms with E-state index in [0.29, 0.717) is 0 Å². The first-order valence-corrected chi connectivity index (χ1v) is 14.7. The van der Waals surface area contributed by atoms with E-state index in [1.54, 1.807) is 0 Å². The molecule has 0 spiro atoms. The number of benzene rings is 1. The number of hydrogen-bond donors (Lipinski definition) is 0. The van der Waals surface area contributed by atoms with E-state index in [9.17, 15) is 13.2 Å². The fourth-order valence-electron chi connectivity index (χ4n) is 4.13. The standard InChI is InChI=1S/C19H33F3Si2/c1-7-23(8-2,9-3)17-13-16(19(20,21)22)14-18(15-17)24(10-4,11-5)12-6/h13-15H,7-12H2,1-6H3. The van der Waals surface area contributed by atoms with E-state index in [1.165, 1.54) is 12.1 Å². The molecule has 1 rings (SSSR count). The van der Waals surface area contributed by atoms with Crippen LogP contribution in [0.25, 0.3) is 0 Å². The predicted octanol–water partition coefficient (Wildman–Crippen LogP) is 6.14. The molecule has 0 fully saturated rings. The van der Waals surface area contributed by atoms with Gasteiger partial charge in [0, 0.05) is 0 Å². The zero-order valence-corrected chi connectivity index (χ0v) is 18.1. The molecule has 138 valence electrons. The lowest BCUT2D eigenvalue weighted by Crippen LogP contribution is -2.52. The molecule has 0 aliphatic carbocycles. The third-order valence-electron chi connectivity index (χ3n) is 6.55. The van der Waals surface area contributed by atoms with Crippen LogP contribution >= 0.6 is 0 Å². The van der Waals surface area contributed by atoms with Gasteiger partial charge in [0.1, 0.15) is 0 Å². The summed E-state index contributed by atoms with van der Waals surface area (Å²) in [6.45, 7) is 12.9. The van der Waals surface area contributed by atoms with E-state index in [0.717, 1.165) is 46.6 Å². The van der Waals surface area contributed by atoms with Crippen molar-refractivity contribution in [3.8, 4) is 0 Å². The minimum Gasteiger partial charge on any atom is -0.166 e. The molecule has 0 heterocycles. The van der Waals surface area contributed by atoms with Gasteiger partial charge in [-0.2, -0.15) is 13.2 Å². The monoisotopic (exact) mass is 374 g/mol. The third-order valence-corrected chi connectivity index (χ3v) is 17.7. The maximum absolute atomic E-state index is 13.6. The Hall–Kier alpha value is -0.556. The zero-order chi connectivity index (χ0) is 18.6. The first-order chi connectivity index (χ1) is 11.2. The molecule has 0 radical (unpaired) electrons. The first kappa shape index (κ1) is 21.5. The van der Waals surface area contributed by atoms with Gasteiger partial charge in [0.25, 0.3) is 0 Å². The Kier molecular flexibility index (Phi) is 7.35. The van der Waals surface area contributed by atoms with E-state index >= 15 is 0 Å². The van der Waals surface area contributed by atoms with Crippen molar-refractivity contribution in [1.82, 2.24) is 0 Å². The summed E-state index contributed by atoms with van der Waals surface area (Å²) in [5.74, 6) is 0. The maximum atomic E-state index is 13.6. The molecule has 0 atom stereocenters. The van der Waals surface area contributed by atoms with Gasteiger partial charge in [-0.15, -0.1) is 0 Å². The topological polar surface area (TPSA) is 0 Å². The second-order valence-corrected chi connectivity index (χ2v) is 17.5. The van der Waals surface area contributed by atoms with E-state index in [4.69, 9.17) is 0 Å². The molecule has 1 aromatic rings. The normalized spacial score (nSPS) is 13.4. The van der Waals surface area contributed by atoms with Crippen LogP contribution in [0.3, 0.4) is 0 Å². The minimum atomic E-state index is -4.25. The summed E-state index contributed by atoms with van der Waals surface area (Å²) in [7, 11) is -3.66. The zero-order valence-electron chi connectivity index (χ0n) is 16.1. The van der Waals surface area contributed by atoms with Gasteiger partial charge < -0.3 is 0 Å².